The van der Waals surface area contributed by atoms with Gasteiger partial charge in [-0.25, -0.2) is 0 Å². The number of hydrogen-bond donors (Lipinski definition) is 1. The van der Waals surface area contributed by atoms with E-state index in [0.29, 0.717) is 6.54 Å². The van der Waals surface area contributed by atoms with E-state index in [9.17, 15) is 13.2 Å². The molecule has 0 aliphatic rings. The van der Waals surface area contributed by atoms with E-state index in [-0.39, 0.29) is 5.75 Å². The summed E-state index contributed by atoms with van der Waals surface area (Å²) in [5, 5.41) is 0. The fourth-order valence-electron chi connectivity index (χ4n) is 1.15. The molecule has 0 atom stereocenters. The Balaban J connectivity index is 2.87. The lowest BCUT2D eigenvalue weighted by molar-refractivity contribution is -0.386. The minimum atomic E-state index is -4.63. The summed E-state index contributed by atoms with van der Waals surface area (Å²) in [5.41, 5.74) is 5.33. The Kier molecular flexibility index (Phi) is 3.00. The molecule has 0 radical (unpaired) electrons. The molecular formula is C9H11F3NO+. The van der Waals surface area contributed by atoms with Crippen molar-refractivity contribution in [3.05, 3.63) is 29.3 Å². The molecule has 0 saturated heterocycles. The zero-order chi connectivity index (χ0) is 10.8. The molecule has 0 aliphatic carbocycles. The lowest BCUT2D eigenvalue weighted by Gasteiger charge is -2.10. The van der Waals surface area contributed by atoms with E-state index in [1.54, 1.807) is 13.0 Å². The van der Waals surface area contributed by atoms with Gasteiger partial charge in [0, 0.05) is 5.56 Å². The van der Waals surface area contributed by atoms with E-state index >= 15 is 0 Å². The number of alkyl halides is 3. The Morgan fingerprint density at radius 1 is 1.36 bits per heavy atom. The number of ether oxygens (including phenoxy) is 1. The van der Waals surface area contributed by atoms with Crippen LogP contribution >= 0.6 is 0 Å². The van der Waals surface area contributed by atoms with Crippen LogP contribution in [0.15, 0.2) is 18.2 Å². The van der Waals surface area contributed by atoms with Gasteiger partial charge in [-0.3, -0.25) is 0 Å². The van der Waals surface area contributed by atoms with Crippen LogP contribution in [-0.4, -0.2) is 6.36 Å². The van der Waals surface area contributed by atoms with Gasteiger partial charge in [0.2, 0.25) is 0 Å². The van der Waals surface area contributed by atoms with E-state index in [2.05, 4.69) is 10.5 Å². The molecule has 1 aromatic carbocycles. The lowest BCUT2D eigenvalue weighted by Crippen LogP contribution is -2.47. The molecule has 0 aliphatic heterocycles. The van der Waals surface area contributed by atoms with Crippen LogP contribution in [-0.2, 0) is 6.54 Å². The second kappa shape index (κ2) is 3.88. The average Bonchev–Trinajstić information content (AvgIpc) is 2.01. The highest BCUT2D eigenvalue weighted by molar-refractivity contribution is 5.34. The van der Waals surface area contributed by atoms with Crippen molar-refractivity contribution in [2.45, 2.75) is 19.8 Å². The molecule has 1 aromatic rings. The Labute approximate surface area is 79.5 Å². The van der Waals surface area contributed by atoms with E-state index in [1.165, 1.54) is 12.1 Å². The molecule has 0 bridgehead atoms. The number of quaternary nitrogens is 1. The van der Waals surface area contributed by atoms with E-state index < -0.39 is 6.36 Å². The molecule has 3 N–H and O–H groups in total. The lowest BCUT2D eigenvalue weighted by atomic mass is 10.1. The van der Waals surface area contributed by atoms with E-state index in [0.717, 1.165) is 11.1 Å². The summed E-state index contributed by atoms with van der Waals surface area (Å²) in [6, 6.07) is 4.23. The molecule has 0 saturated carbocycles. The van der Waals surface area contributed by atoms with Crippen molar-refractivity contribution in [1.82, 2.24) is 0 Å². The quantitative estimate of drug-likeness (QED) is 0.784. The minimum Gasteiger partial charge on any atom is -0.406 e. The largest absolute Gasteiger partial charge is 0.573 e. The zero-order valence-corrected chi connectivity index (χ0v) is 7.69. The van der Waals surface area contributed by atoms with Gasteiger partial charge >= 0.3 is 6.36 Å². The smallest absolute Gasteiger partial charge is 0.406 e. The average molecular weight is 206 g/mol. The summed E-state index contributed by atoms with van der Waals surface area (Å²) < 4.78 is 39.2. The van der Waals surface area contributed by atoms with Crippen molar-refractivity contribution in [3.63, 3.8) is 0 Å². The minimum absolute atomic E-state index is 0.188. The summed E-state index contributed by atoms with van der Waals surface area (Å²) in [7, 11) is 0. The molecular weight excluding hydrogens is 195 g/mol. The van der Waals surface area contributed by atoms with Crippen LogP contribution < -0.4 is 10.5 Å². The van der Waals surface area contributed by atoms with Crippen LogP contribution in [0.4, 0.5) is 13.2 Å². The molecule has 0 amide bonds. The van der Waals surface area contributed by atoms with Gasteiger partial charge in [0.1, 0.15) is 5.75 Å². The van der Waals surface area contributed by atoms with Crippen LogP contribution in [0.25, 0.3) is 0 Å². The Morgan fingerprint density at radius 3 is 2.43 bits per heavy atom. The van der Waals surface area contributed by atoms with Gasteiger partial charge in [-0.15, -0.1) is 13.2 Å². The van der Waals surface area contributed by atoms with Crippen LogP contribution in [0.2, 0.25) is 0 Å². The predicted molar refractivity (Wildman–Crippen MR) is 44.5 cm³/mol. The second-order valence-corrected chi connectivity index (χ2v) is 2.89. The summed E-state index contributed by atoms with van der Waals surface area (Å²) in [4.78, 5) is 0. The van der Waals surface area contributed by atoms with Crippen LogP contribution in [0.5, 0.6) is 5.75 Å². The maximum atomic E-state index is 11.8. The Hall–Kier alpha value is -1.23. The van der Waals surface area contributed by atoms with Gasteiger partial charge in [-0.05, 0) is 30.7 Å². The molecule has 78 valence electrons. The molecule has 0 aromatic heterocycles. The first-order valence-corrected chi connectivity index (χ1v) is 4.07. The van der Waals surface area contributed by atoms with Gasteiger partial charge < -0.3 is 10.5 Å². The van der Waals surface area contributed by atoms with Gasteiger partial charge in [0.15, 0.2) is 0 Å². The van der Waals surface area contributed by atoms with Crippen molar-refractivity contribution in [2.24, 2.45) is 0 Å². The highest BCUT2D eigenvalue weighted by Gasteiger charge is 2.31. The maximum Gasteiger partial charge on any atom is 0.573 e. The SMILES string of the molecule is Cc1cc(OC(F)(F)F)ccc1C[NH3+]. The van der Waals surface area contributed by atoms with Crippen molar-refractivity contribution in [1.29, 1.82) is 0 Å². The molecule has 2 nitrogen and oxygen atoms in total. The number of halogens is 3. The van der Waals surface area contributed by atoms with Crippen LogP contribution in [0.3, 0.4) is 0 Å². The Morgan fingerprint density at radius 2 is 2.00 bits per heavy atom. The molecule has 1 rings (SSSR count). The van der Waals surface area contributed by atoms with E-state index in [4.69, 9.17) is 0 Å². The monoisotopic (exact) mass is 206 g/mol. The van der Waals surface area contributed by atoms with Gasteiger partial charge in [-0.1, -0.05) is 0 Å². The highest BCUT2D eigenvalue weighted by Crippen LogP contribution is 2.24. The third kappa shape index (κ3) is 2.92. The topological polar surface area (TPSA) is 36.9 Å². The first-order valence-electron chi connectivity index (χ1n) is 4.07. The number of rotatable bonds is 2. The first kappa shape index (κ1) is 10.8. The normalized spacial score (nSPS) is 11.5. The third-order valence-corrected chi connectivity index (χ3v) is 1.82. The third-order valence-electron chi connectivity index (χ3n) is 1.82. The molecule has 0 spiro atoms. The maximum absolute atomic E-state index is 11.8. The van der Waals surface area contributed by atoms with Gasteiger partial charge in [0.25, 0.3) is 0 Å². The predicted octanol–water partition coefficient (Wildman–Crippen LogP) is 1.64. The highest BCUT2D eigenvalue weighted by atomic mass is 19.4. The van der Waals surface area contributed by atoms with Crippen LogP contribution in [0.1, 0.15) is 11.1 Å². The number of aryl methyl sites for hydroxylation is 1. The number of hydrogen-bond acceptors (Lipinski definition) is 1. The summed E-state index contributed by atoms with van der Waals surface area (Å²) in [5.74, 6) is -0.188. The van der Waals surface area contributed by atoms with Crippen molar-refractivity contribution >= 4 is 0 Å². The summed E-state index contributed by atoms with van der Waals surface area (Å²) in [6.45, 7) is 2.28. The second-order valence-electron chi connectivity index (χ2n) is 2.89. The fraction of sp³-hybridized carbons (Fsp3) is 0.333. The zero-order valence-electron chi connectivity index (χ0n) is 7.69. The first-order chi connectivity index (χ1) is 6.42. The van der Waals surface area contributed by atoms with Gasteiger partial charge in [0.05, 0.1) is 6.54 Å². The molecule has 5 heteroatoms. The molecule has 0 heterocycles. The fourth-order valence-corrected chi connectivity index (χ4v) is 1.15. The summed E-state index contributed by atoms with van der Waals surface area (Å²) in [6.07, 6.45) is -4.63. The van der Waals surface area contributed by atoms with E-state index in [1.807, 2.05) is 0 Å². The molecule has 14 heavy (non-hydrogen) atoms. The van der Waals surface area contributed by atoms with Gasteiger partial charge in [-0.2, -0.15) is 0 Å². The van der Waals surface area contributed by atoms with Crippen molar-refractivity contribution < 1.29 is 23.6 Å². The standard InChI is InChI=1S/C9H10F3NO/c1-6-4-8(14-9(10,11)12)3-2-7(6)5-13/h2-4H,5,13H2,1H3/p+1. The molecule has 0 unspecified atom stereocenters. The van der Waals surface area contributed by atoms with Crippen LogP contribution in [0, 0.1) is 6.92 Å². The molecule has 0 fully saturated rings. The van der Waals surface area contributed by atoms with Crippen molar-refractivity contribution in [2.75, 3.05) is 0 Å². The Bertz CT molecular complexity index is 322. The number of benzene rings is 1. The van der Waals surface area contributed by atoms with Crippen molar-refractivity contribution in [3.8, 4) is 5.75 Å². The summed E-state index contributed by atoms with van der Waals surface area (Å²) >= 11 is 0.